The molecule has 0 radical (unpaired) electrons. The minimum absolute atomic E-state index is 0.150. The van der Waals surface area contributed by atoms with Crippen molar-refractivity contribution in [1.29, 1.82) is 0 Å². The molecular weight excluding hydrogens is 424 g/mol. The van der Waals surface area contributed by atoms with Gasteiger partial charge in [0.1, 0.15) is 0 Å². The molecule has 0 heterocycles. The second-order valence-corrected chi connectivity index (χ2v) is 22.2. The molecule has 2 nitrogen and oxygen atoms in total. The van der Waals surface area contributed by atoms with Gasteiger partial charge in [-0.25, -0.2) is 0 Å². The van der Waals surface area contributed by atoms with E-state index >= 15 is 0 Å². The van der Waals surface area contributed by atoms with Crippen LogP contribution in [0.2, 0.25) is 39.3 Å². The Morgan fingerprint density at radius 2 is 1.57 bits per heavy atom. The summed E-state index contributed by atoms with van der Waals surface area (Å²) in [5, 5.41) is 1.07. The van der Waals surface area contributed by atoms with Crippen LogP contribution in [0.1, 0.15) is 58.8 Å². The molecule has 4 rings (SSSR count). The number of hydrogen-bond donors (Lipinski definition) is 0. The van der Waals surface area contributed by atoms with Gasteiger partial charge >= 0.3 is 0 Å². The first-order chi connectivity index (χ1) is 13.7. The molecule has 5 heteroatoms. The molecule has 170 valence electrons. The van der Waals surface area contributed by atoms with Crippen molar-refractivity contribution in [1.82, 2.24) is 0 Å². The van der Waals surface area contributed by atoms with E-state index in [-0.39, 0.29) is 16.9 Å². The Kier molecular flexibility index (Phi) is 5.78. The van der Waals surface area contributed by atoms with Gasteiger partial charge in [-0.2, -0.15) is 0 Å². The van der Waals surface area contributed by atoms with Crippen molar-refractivity contribution in [2.24, 2.45) is 28.6 Å². The predicted octanol–water partition coefficient (Wildman–Crippen LogP) is 8.08. The molecule has 2 saturated carbocycles. The smallest absolute Gasteiger partial charge is 0.241 e. The van der Waals surface area contributed by atoms with Crippen molar-refractivity contribution in [2.45, 2.75) is 104 Å². The fraction of sp³-hybridized carbons (Fsp3) is 0.840. The van der Waals surface area contributed by atoms with Crippen LogP contribution in [0.15, 0.2) is 22.4 Å². The van der Waals surface area contributed by atoms with Gasteiger partial charge in [0.2, 0.25) is 8.32 Å². The van der Waals surface area contributed by atoms with E-state index in [1.54, 1.807) is 5.57 Å². The van der Waals surface area contributed by atoms with Crippen molar-refractivity contribution >= 4 is 28.2 Å². The number of allylic oxidation sites excluding steroid dienone is 3. The molecule has 0 saturated heterocycles. The maximum atomic E-state index is 7.07. The van der Waals surface area contributed by atoms with E-state index in [1.807, 2.05) is 0 Å². The Bertz CT molecular complexity index is 762. The fourth-order valence-electron chi connectivity index (χ4n) is 7.34. The molecular formula is C25H43ClO2Si2. The first-order valence-electron chi connectivity index (χ1n) is 12.2. The van der Waals surface area contributed by atoms with Crippen molar-refractivity contribution in [3.8, 4) is 0 Å². The first-order valence-corrected chi connectivity index (χ1v) is 19.4. The van der Waals surface area contributed by atoms with Crippen LogP contribution >= 0.6 is 11.6 Å². The van der Waals surface area contributed by atoms with Gasteiger partial charge in [0, 0.05) is 10.4 Å². The first kappa shape index (κ1) is 23.1. The molecule has 0 aromatic rings. The Labute approximate surface area is 192 Å². The highest BCUT2D eigenvalue weighted by Crippen LogP contribution is 2.66. The van der Waals surface area contributed by atoms with Gasteiger partial charge < -0.3 is 8.85 Å². The second-order valence-electron chi connectivity index (χ2n) is 12.9. The van der Waals surface area contributed by atoms with E-state index in [4.69, 9.17) is 20.5 Å². The quantitative estimate of drug-likeness (QED) is 0.389. The largest absolute Gasteiger partial charge is 0.547 e. The van der Waals surface area contributed by atoms with Crippen LogP contribution in [0.4, 0.5) is 0 Å². The van der Waals surface area contributed by atoms with Crippen molar-refractivity contribution < 1.29 is 8.85 Å². The number of hydrogen-bond acceptors (Lipinski definition) is 2. The lowest BCUT2D eigenvalue weighted by Crippen LogP contribution is -2.51. The van der Waals surface area contributed by atoms with Gasteiger partial charge in [-0.1, -0.05) is 25.4 Å². The molecule has 0 bridgehead atoms. The lowest BCUT2D eigenvalue weighted by atomic mass is 9.47. The van der Waals surface area contributed by atoms with Crippen LogP contribution < -0.4 is 0 Å². The summed E-state index contributed by atoms with van der Waals surface area (Å²) < 4.78 is 13.1. The van der Waals surface area contributed by atoms with Crippen LogP contribution in [0.25, 0.3) is 0 Å². The molecule has 0 spiro atoms. The van der Waals surface area contributed by atoms with E-state index in [1.165, 1.54) is 44.3 Å². The maximum absolute atomic E-state index is 7.07. The summed E-state index contributed by atoms with van der Waals surface area (Å²) in [5.41, 5.74) is 2.07. The summed E-state index contributed by atoms with van der Waals surface area (Å²) in [6.45, 7) is 18.8. The molecule has 2 fully saturated rings. The van der Waals surface area contributed by atoms with E-state index in [2.05, 4.69) is 59.2 Å². The minimum atomic E-state index is -1.59. The zero-order valence-electron chi connectivity index (χ0n) is 20.5. The van der Waals surface area contributed by atoms with Crippen molar-refractivity contribution in [3.05, 3.63) is 22.4 Å². The summed E-state index contributed by atoms with van der Waals surface area (Å²) in [6.07, 6.45) is 11.2. The molecule has 0 N–H and O–H groups in total. The average Bonchev–Trinajstić information content (AvgIpc) is 2.92. The Balaban J connectivity index is 1.58. The number of fused-ring (bicyclic) bond motifs is 5. The number of rotatable bonds is 4. The predicted molar refractivity (Wildman–Crippen MR) is 133 cm³/mol. The lowest BCUT2D eigenvalue weighted by Gasteiger charge is -2.58. The summed E-state index contributed by atoms with van der Waals surface area (Å²) in [5.74, 6) is 3.65. The van der Waals surface area contributed by atoms with E-state index in [0.29, 0.717) is 0 Å². The summed E-state index contributed by atoms with van der Waals surface area (Å²) in [6, 6.07) is 0. The molecule has 4 aliphatic rings. The van der Waals surface area contributed by atoms with E-state index in [0.717, 1.165) is 29.2 Å². The van der Waals surface area contributed by atoms with Crippen LogP contribution in [-0.2, 0) is 8.85 Å². The highest BCUT2D eigenvalue weighted by molar-refractivity contribution is 6.70. The van der Waals surface area contributed by atoms with Gasteiger partial charge in [-0.3, -0.25) is 0 Å². The van der Waals surface area contributed by atoms with Gasteiger partial charge in [0.25, 0.3) is 0 Å². The molecule has 6 atom stereocenters. The third-order valence-corrected chi connectivity index (χ3v) is 10.9. The SMILES string of the molecule is CC12CCC3C(CCC4=C(Cl)C(O[Si](C)(C)C)CCC43C)C1CC=C2O[Si](C)(C)C. The van der Waals surface area contributed by atoms with Crippen LogP contribution in [0, 0.1) is 28.6 Å². The Morgan fingerprint density at radius 1 is 0.900 bits per heavy atom. The van der Waals surface area contributed by atoms with Crippen molar-refractivity contribution in [3.63, 3.8) is 0 Å². The Morgan fingerprint density at radius 3 is 2.20 bits per heavy atom. The third-order valence-electron chi connectivity index (χ3n) is 8.59. The average molecular weight is 467 g/mol. The van der Waals surface area contributed by atoms with Gasteiger partial charge in [-0.05, 0) is 119 Å². The lowest BCUT2D eigenvalue weighted by molar-refractivity contribution is -0.0431. The van der Waals surface area contributed by atoms with Gasteiger partial charge in [0.15, 0.2) is 8.32 Å². The molecule has 30 heavy (non-hydrogen) atoms. The number of halogens is 1. The molecule has 0 aromatic heterocycles. The second kappa shape index (κ2) is 7.50. The van der Waals surface area contributed by atoms with Gasteiger partial charge in [-0.15, -0.1) is 0 Å². The summed E-state index contributed by atoms with van der Waals surface area (Å²) in [4.78, 5) is 0. The van der Waals surface area contributed by atoms with Gasteiger partial charge in [0.05, 0.1) is 11.9 Å². The zero-order chi connectivity index (χ0) is 22.1. The standard InChI is InChI=1S/C25H43ClO2Si2/c1-24-16-14-21(27-29(3,4)5)23(26)20(24)10-9-17-18-11-12-22(28-30(6,7)8)25(18,2)15-13-19(17)24/h12,17-19,21H,9-11,13-16H2,1-8H3. The minimum Gasteiger partial charge on any atom is -0.547 e. The molecule has 6 unspecified atom stereocenters. The maximum Gasteiger partial charge on any atom is 0.241 e. The normalized spacial score (nSPS) is 41.7. The molecule has 4 aliphatic carbocycles. The highest BCUT2D eigenvalue weighted by atomic mass is 35.5. The highest BCUT2D eigenvalue weighted by Gasteiger charge is 2.58. The molecule has 0 amide bonds. The summed E-state index contributed by atoms with van der Waals surface area (Å²) >= 11 is 7.07. The fourth-order valence-corrected chi connectivity index (χ4v) is 9.94. The molecule has 0 aliphatic heterocycles. The topological polar surface area (TPSA) is 18.5 Å². The third kappa shape index (κ3) is 3.93. The molecule has 0 aromatic carbocycles. The van der Waals surface area contributed by atoms with E-state index in [9.17, 15) is 0 Å². The van der Waals surface area contributed by atoms with Crippen LogP contribution in [-0.4, -0.2) is 22.7 Å². The summed E-state index contributed by atoms with van der Waals surface area (Å²) in [7, 11) is -3.17. The monoisotopic (exact) mass is 466 g/mol. The zero-order valence-corrected chi connectivity index (χ0v) is 23.3. The van der Waals surface area contributed by atoms with Crippen LogP contribution in [0.5, 0.6) is 0 Å². The van der Waals surface area contributed by atoms with Crippen LogP contribution in [0.3, 0.4) is 0 Å². The van der Waals surface area contributed by atoms with E-state index < -0.39 is 16.6 Å². The van der Waals surface area contributed by atoms with Crippen molar-refractivity contribution in [2.75, 3.05) is 0 Å². The Hall–Kier alpha value is -0.0362.